The number of nitrogens with one attached hydrogen (secondary N) is 2. The van der Waals surface area contributed by atoms with Crippen molar-refractivity contribution in [3.63, 3.8) is 0 Å². The van der Waals surface area contributed by atoms with Crippen molar-refractivity contribution in [1.29, 1.82) is 0 Å². The summed E-state index contributed by atoms with van der Waals surface area (Å²) in [5.74, 6) is 0.00984. The number of benzene rings is 2. The third kappa shape index (κ3) is 7.55. The summed E-state index contributed by atoms with van der Waals surface area (Å²) >= 11 is 0. The molecular formula is C26H38N4O3S. The molecule has 1 amide bonds. The molecule has 0 aliphatic carbocycles. The Kier molecular flexibility index (Phi) is 8.73. The van der Waals surface area contributed by atoms with Gasteiger partial charge >= 0.3 is 0 Å². The Hall–Kier alpha value is -2.42. The maximum absolute atomic E-state index is 12.4. The van der Waals surface area contributed by atoms with Crippen molar-refractivity contribution < 1.29 is 13.2 Å². The van der Waals surface area contributed by atoms with Gasteiger partial charge < -0.3 is 10.2 Å². The van der Waals surface area contributed by atoms with Gasteiger partial charge in [-0.05, 0) is 56.6 Å². The molecule has 1 saturated heterocycles. The number of aryl methyl sites for hydroxylation is 1. The van der Waals surface area contributed by atoms with E-state index < -0.39 is 15.4 Å². The summed E-state index contributed by atoms with van der Waals surface area (Å²) in [5, 5.41) is 3.01. The molecule has 8 heteroatoms. The fraction of sp³-hybridized carbons (Fsp3) is 0.500. The average Bonchev–Trinajstić information content (AvgIpc) is 2.79. The summed E-state index contributed by atoms with van der Waals surface area (Å²) in [7, 11) is -3.44. The maximum atomic E-state index is 12.4. The first-order valence-electron chi connectivity index (χ1n) is 12.0. The highest BCUT2D eigenvalue weighted by Crippen LogP contribution is 2.23. The summed E-state index contributed by atoms with van der Waals surface area (Å²) in [6.07, 6.45) is 1.76. The zero-order valence-corrected chi connectivity index (χ0v) is 21.6. The zero-order chi connectivity index (χ0) is 24.8. The Morgan fingerprint density at radius 1 is 0.971 bits per heavy atom. The minimum absolute atomic E-state index is 0.00984. The molecule has 1 aliphatic rings. The number of rotatable bonds is 9. The quantitative estimate of drug-likeness (QED) is 0.526. The summed E-state index contributed by atoms with van der Waals surface area (Å²) in [6, 6.07) is 14.9. The second kappa shape index (κ2) is 11.3. The molecule has 0 aromatic heterocycles. The van der Waals surface area contributed by atoms with Crippen molar-refractivity contribution >= 4 is 27.3 Å². The second-order valence-corrected chi connectivity index (χ2v) is 11.8. The minimum Gasteiger partial charge on any atom is -0.369 e. The molecule has 0 unspecified atom stereocenters. The number of nitrogens with zero attached hydrogens (tertiary/aromatic N) is 2. The van der Waals surface area contributed by atoms with E-state index in [1.807, 2.05) is 58.0 Å². The number of hydrogen-bond acceptors (Lipinski definition) is 5. The van der Waals surface area contributed by atoms with Gasteiger partial charge in [0, 0.05) is 49.5 Å². The van der Waals surface area contributed by atoms with Gasteiger partial charge in [-0.15, -0.1) is 0 Å². The zero-order valence-electron chi connectivity index (χ0n) is 20.8. The highest BCUT2D eigenvalue weighted by Gasteiger charge is 2.22. The fourth-order valence-corrected chi connectivity index (χ4v) is 4.87. The Balaban J connectivity index is 1.38. The third-order valence-corrected chi connectivity index (χ3v) is 7.52. The first-order valence-corrected chi connectivity index (χ1v) is 13.5. The Morgan fingerprint density at radius 3 is 2.29 bits per heavy atom. The second-order valence-electron chi connectivity index (χ2n) is 10.0. The summed E-state index contributed by atoms with van der Waals surface area (Å²) in [5.41, 5.74) is 2.56. The number of piperazine rings is 1. The van der Waals surface area contributed by atoms with Gasteiger partial charge in [0.05, 0.1) is 4.90 Å². The van der Waals surface area contributed by atoms with E-state index in [0.29, 0.717) is 11.4 Å². The molecule has 2 aromatic carbocycles. The van der Waals surface area contributed by atoms with Crippen LogP contribution in [0.5, 0.6) is 0 Å². The van der Waals surface area contributed by atoms with Crippen molar-refractivity contribution in [2.24, 2.45) is 5.41 Å². The molecule has 7 nitrogen and oxygen atoms in total. The van der Waals surface area contributed by atoms with Crippen molar-refractivity contribution in [1.82, 2.24) is 9.62 Å². The molecule has 0 bridgehead atoms. The first kappa shape index (κ1) is 26.2. The molecule has 1 fully saturated rings. The van der Waals surface area contributed by atoms with Crippen LogP contribution < -0.4 is 14.9 Å². The number of hydrogen-bond donors (Lipinski definition) is 2. The Bertz CT molecular complexity index is 1050. The molecule has 0 spiro atoms. The van der Waals surface area contributed by atoms with Crippen LogP contribution in [0.1, 0.15) is 39.2 Å². The lowest BCUT2D eigenvalue weighted by atomic mass is 9.95. The van der Waals surface area contributed by atoms with Crippen LogP contribution in [-0.4, -0.2) is 58.5 Å². The number of carbonyl (C=O) groups excluding carboxylic acids is 1. The smallest absolute Gasteiger partial charge is 0.240 e. The normalized spacial score (nSPS) is 15.4. The summed E-state index contributed by atoms with van der Waals surface area (Å²) in [4.78, 5) is 17.4. The van der Waals surface area contributed by atoms with Gasteiger partial charge in [-0.25, -0.2) is 13.1 Å². The Labute approximate surface area is 204 Å². The molecule has 2 N–H and O–H groups in total. The average molecular weight is 487 g/mol. The first-order chi connectivity index (χ1) is 16.0. The van der Waals surface area contributed by atoms with E-state index in [2.05, 4.69) is 25.9 Å². The van der Waals surface area contributed by atoms with Gasteiger partial charge in [-0.1, -0.05) is 44.5 Å². The monoisotopic (exact) mass is 486 g/mol. The Morgan fingerprint density at radius 2 is 1.65 bits per heavy atom. The number of sulfonamides is 1. The summed E-state index contributed by atoms with van der Waals surface area (Å²) < 4.78 is 27.4. The molecule has 1 heterocycles. The van der Waals surface area contributed by atoms with E-state index in [-0.39, 0.29) is 5.91 Å². The number of carbonyl (C=O) groups is 1. The van der Waals surface area contributed by atoms with Crippen molar-refractivity contribution in [2.75, 3.05) is 49.5 Å². The van der Waals surface area contributed by atoms with Gasteiger partial charge in [-0.2, -0.15) is 0 Å². The van der Waals surface area contributed by atoms with Crippen molar-refractivity contribution in [2.45, 2.75) is 45.4 Å². The maximum Gasteiger partial charge on any atom is 0.240 e. The van der Waals surface area contributed by atoms with Crippen LogP contribution in [0.25, 0.3) is 0 Å². The van der Waals surface area contributed by atoms with E-state index in [0.717, 1.165) is 62.5 Å². The van der Waals surface area contributed by atoms with E-state index in [4.69, 9.17) is 0 Å². The molecule has 1 aliphatic heterocycles. The lowest BCUT2D eigenvalue weighted by Gasteiger charge is -2.36. The van der Waals surface area contributed by atoms with E-state index >= 15 is 0 Å². The van der Waals surface area contributed by atoms with Crippen molar-refractivity contribution in [3.05, 3.63) is 54.1 Å². The molecular weight excluding hydrogens is 448 g/mol. The highest BCUT2D eigenvalue weighted by atomic mass is 32.2. The van der Waals surface area contributed by atoms with Crippen LogP contribution in [0.15, 0.2) is 53.4 Å². The molecule has 2 aromatic rings. The third-order valence-electron chi connectivity index (χ3n) is 6.05. The number of amides is 1. The summed E-state index contributed by atoms with van der Waals surface area (Å²) in [6.45, 7) is 12.9. The minimum atomic E-state index is -3.44. The van der Waals surface area contributed by atoms with E-state index in [1.54, 1.807) is 12.1 Å². The van der Waals surface area contributed by atoms with Crippen LogP contribution in [0, 0.1) is 12.3 Å². The molecule has 34 heavy (non-hydrogen) atoms. The van der Waals surface area contributed by atoms with Crippen LogP contribution in [-0.2, 0) is 14.8 Å². The predicted molar refractivity (Wildman–Crippen MR) is 139 cm³/mol. The van der Waals surface area contributed by atoms with Gasteiger partial charge in [0.1, 0.15) is 0 Å². The lowest BCUT2D eigenvalue weighted by molar-refractivity contribution is -0.123. The fourth-order valence-electron chi connectivity index (χ4n) is 3.80. The van der Waals surface area contributed by atoms with Crippen LogP contribution in [0.4, 0.5) is 11.4 Å². The molecule has 186 valence electrons. The van der Waals surface area contributed by atoms with Gasteiger partial charge in [0.25, 0.3) is 0 Å². The molecule has 0 saturated carbocycles. The number of anilines is 2. The van der Waals surface area contributed by atoms with Crippen LogP contribution >= 0.6 is 0 Å². The van der Waals surface area contributed by atoms with Crippen LogP contribution in [0.2, 0.25) is 0 Å². The highest BCUT2D eigenvalue weighted by molar-refractivity contribution is 7.89. The topological polar surface area (TPSA) is 81.8 Å². The molecule has 0 atom stereocenters. The van der Waals surface area contributed by atoms with Gasteiger partial charge in [0.2, 0.25) is 15.9 Å². The molecule has 0 radical (unpaired) electrons. The van der Waals surface area contributed by atoms with Gasteiger partial charge in [0.15, 0.2) is 0 Å². The standard InChI is InChI=1S/C26H38N4O3S/c1-21-10-12-24(13-11-21)34(32,33)27-14-5-6-15-29-16-18-30(19-17-29)23-9-7-8-22(20-23)28-25(31)26(2,3)4/h7-13,20,27H,5-6,14-19H2,1-4H3,(H,28,31). The van der Waals surface area contributed by atoms with E-state index in [9.17, 15) is 13.2 Å². The largest absolute Gasteiger partial charge is 0.369 e. The SMILES string of the molecule is Cc1ccc(S(=O)(=O)NCCCCN2CCN(c3cccc(NC(=O)C(C)(C)C)c3)CC2)cc1. The van der Waals surface area contributed by atoms with Crippen LogP contribution in [0.3, 0.4) is 0 Å². The predicted octanol–water partition coefficient (Wildman–Crippen LogP) is 3.86. The lowest BCUT2D eigenvalue weighted by Crippen LogP contribution is -2.46. The molecule has 3 rings (SSSR count). The van der Waals surface area contributed by atoms with Gasteiger partial charge in [-0.3, -0.25) is 9.69 Å². The van der Waals surface area contributed by atoms with Crippen molar-refractivity contribution in [3.8, 4) is 0 Å². The van der Waals surface area contributed by atoms with E-state index in [1.165, 1.54) is 0 Å². The number of unbranched alkanes of at least 4 members (excludes halogenated alkanes) is 1.